The maximum Gasteiger partial charge on any atom is 0.312 e. The molecule has 0 fully saturated rings. The predicted molar refractivity (Wildman–Crippen MR) is 70.9 cm³/mol. The highest BCUT2D eigenvalue weighted by molar-refractivity contribution is 9.10. The number of aryl methyl sites for hydroxylation is 1. The number of rotatable bonds is 6. The number of carbonyl (C=O) groups is 1. The van der Waals surface area contributed by atoms with Gasteiger partial charge in [-0.1, -0.05) is 15.9 Å². The van der Waals surface area contributed by atoms with E-state index in [2.05, 4.69) is 15.9 Å². The predicted octanol–water partition coefficient (Wildman–Crippen LogP) is 3.41. The third-order valence-corrected chi connectivity index (χ3v) is 2.79. The van der Waals surface area contributed by atoms with Crippen molar-refractivity contribution >= 4 is 27.4 Å². The fraction of sp³-hybridized carbons (Fsp3) is 0.417. The molecule has 0 aliphatic carbocycles. The molecular weight excluding hydrogens is 302 g/mol. The molecular formula is C12H14BrNO4. The van der Waals surface area contributed by atoms with Crippen LogP contribution in [0.1, 0.15) is 25.3 Å². The SMILES string of the molecule is CC(=O)CCCOc1c(C)cc(Br)cc1[N+](=O)[O-]. The third-order valence-electron chi connectivity index (χ3n) is 2.34. The number of halogens is 1. The van der Waals surface area contributed by atoms with Gasteiger partial charge in [-0.05, 0) is 31.9 Å². The fourth-order valence-electron chi connectivity index (χ4n) is 1.53. The molecule has 0 aliphatic rings. The van der Waals surface area contributed by atoms with Gasteiger partial charge in [0.25, 0.3) is 0 Å². The molecule has 0 radical (unpaired) electrons. The molecule has 1 aromatic carbocycles. The van der Waals surface area contributed by atoms with Gasteiger partial charge >= 0.3 is 5.69 Å². The number of carbonyl (C=O) groups excluding carboxylic acids is 1. The van der Waals surface area contributed by atoms with Crippen LogP contribution in [0.4, 0.5) is 5.69 Å². The minimum atomic E-state index is -0.474. The van der Waals surface area contributed by atoms with Crippen molar-refractivity contribution in [2.75, 3.05) is 6.61 Å². The maximum absolute atomic E-state index is 10.9. The maximum atomic E-state index is 10.9. The molecule has 6 heteroatoms. The first-order valence-corrected chi connectivity index (χ1v) is 6.28. The molecule has 1 rings (SSSR count). The number of ether oxygens (including phenoxy) is 1. The Morgan fingerprint density at radius 1 is 1.50 bits per heavy atom. The van der Waals surface area contributed by atoms with Crippen molar-refractivity contribution in [3.63, 3.8) is 0 Å². The number of Topliss-reactive ketones (excluding diaryl/α,β-unsaturated/α-hetero) is 1. The average Bonchev–Trinajstić information content (AvgIpc) is 2.25. The Morgan fingerprint density at radius 2 is 2.17 bits per heavy atom. The van der Waals surface area contributed by atoms with Crippen molar-refractivity contribution in [1.82, 2.24) is 0 Å². The second kappa shape index (κ2) is 6.49. The highest BCUT2D eigenvalue weighted by atomic mass is 79.9. The summed E-state index contributed by atoms with van der Waals surface area (Å²) in [5, 5.41) is 10.9. The van der Waals surface area contributed by atoms with Gasteiger partial charge in [-0.2, -0.15) is 0 Å². The van der Waals surface area contributed by atoms with E-state index in [-0.39, 0.29) is 17.2 Å². The molecule has 0 atom stereocenters. The molecule has 0 N–H and O–H groups in total. The fourth-order valence-corrected chi connectivity index (χ4v) is 2.09. The summed E-state index contributed by atoms with van der Waals surface area (Å²) in [6.07, 6.45) is 0.978. The largest absolute Gasteiger partial charge is 0.487 e. The van der Waals surface area contributed by atoms with Crippen LogP contribution in [0.2, 0.25) is 0 Å². The smallest absolute Gasteiger partial charge is 0.312 e. The number of nitro benzene ring substituents is 1. The van der Waals surface area contributed by atoms with Crippen molar-refractivity contribution in [1.29, 1.82) is 0 Å². The first-order valence-electron chi connectivity index (χ1n) is 5.48. The molecule has 0 saturated heterocycles. The third kappa shape index (κ3) is 4.10. The standard InChI is InChI=1S/C12H14BrNO4/c1-8-6-10(13)7-11(14(16)17)12(8)18-5-3-4-9(2)15/h6-7H,3-5H2,1-2H3. The van der Waals surface area contributed by atoms with E-state index >= 15 is 0 Å². The van der Waals surface area contributed by atoms with Gasteiger partial charge in [0.2, 0.25) is 0 Å². The van der Waals surface area contributed by atoms with Crippen molar-refractivity contribution in [3.8, 4) is 5.75 Å². The summed E-state index contributed by atoms with van der Waals surface area (Å²) < 4.78 is 6.06. The molecule has 5 nitrogen and oxygen atoms in total. The lowest BCUT2D eigenvalue weighted by Crippen LogP contribution is -2.04. The Morgan fingerprint density at radius 3 is 2.72 bits per heavy atom. The summed E-state index contributed by atoms with van der Waals surface area (Å²) in [6, 6.07) is 3.17. The number of hydrogen-bond acceptors (Lipinski definition) is 4. The first kappa shape index (κ1) is 14.6. The van der Waals surface area contributed by atoms with Crippen LogP contribution >= 0.6 is 15.9 Å². The van der Waals surface area contributed by atoms with E-state index in [1.54, 1.807) is 13.0 Å². The van der Waals surface area contributed by atoms with E-state index in [1.807, 2.05) is 0 Å². The Bertz CT molecular complexity index is 473. The minimum Gasteiger partial charge on any atom is -0.487 e. The van der Waals surface area contributed by atoms with Gasteiger partial charge in [-0.15, -0.1) is 0 Å². The summed E-state index contributed by atoms with van der Waals surface area (Å²) in [7, 11) is 0. The second-order valence-electron chi connectivity index (χ2n) is 3.98. The van der Waals surface area contributed by atoms with Crippen molar-refractivity contribution in [2.24, 2.45) is 0 Å². The lowest BCUT2D eigenvalue weighted by atomic mass is 10.2. The van der Waals surface area contributed by atoms with Crippen molar-refractivity contribution in [3.05, 3.63) is 32.3 Å². The van der Waals surface area contributed by atoms with Gasteiger partial charge in [0.05, 0.1) is 11.5 Å². The number of hydrogen-bond donors (Lipinski definition) is 0. The molecule has 0 amide bonds. The summed E-state index contributed by atoms with van der Waals surface area (Å²) in [5.41, 5.74) is 0.628. The molecule has 0 spiro atoms. The van der Waals surface area contributed by atoms with Crippen LogP contribution < -0.4 is 4.74 Å². The van der Waals surface area contributed by atoms with E-state index in [9.17, 15) is 14.9 Å². The molecule has 0 aromatic heterocycles. The van der Waals surface area contributed by atoms with E-state index < -0.39 is 4.92 Å². The normalized spacial score (nSPS) is 10.2. The minimum absolute atomic E-state index is 0.0651. The van der Waals surface area contributed by atoms with Crippen LogP contribution in [0.15, 0.2) is 16.6 Å². The Hall–Kier alpha value is -1.43. The molecule has 98 valence electrons. The Kier molecular flexibility index (Phi) is 5.27. The second-order valence-corrected chi connectivity index (χ2v) is 4.90. The van der Waals surface area contributed by atoms with E-state index in [4.69, 9.17) is 4.74 Å². The van der Waals surface area contributed by atoms with Gasteiger partial charge in [-0.25, -0.2) is 0 Å². The molecule has 0 heterocycles. The van der Waals surface area contributed by atoms with Gasteiger partial charge in [-0.3, -0.25) is 10.1 Å². The van der Waals surface area contributed by atoms with Crippen molar-refractivity contribution < 1.29 is 14.5 Å². The number of ketones is 1. The molecule has 1 aromatic rings. The van der Waals surface area contributed by atoms with Crippen LogP contribution in [0.5, 0.6) is 5.75 Å². The van der Waals surface area contributed by atoms with E-state index in [0.717, 1.165) is 0 Å². The van der Waals surface area contributed by atoms with E-state index in [1.165, 1.54) is 13.0 Å². The first-order chi connectivity index (χ1) is 8.41. The molecule has 0 saturated carbocycles. The number of nitro groups is 1. The highest BCUT2D eigenvalue weighted by Gasteiger charge is 2.18. The van der Waals surface area contributed by atoms with Gasteiger partial charge in [0, 0.05) is 17.0 Å². The quantitative estimate of drug-likeness (QED) is 0.458. The molecule has 0 bridgehead atoms. The van der Waals surface area contributed by atoms with Crippen LogP contribution in [0.3, 0.4) is 0 Å². The lowest BCUT2D eigenvalue weighted by Gasteiger charge is -2.09. The van der Waals surface area contributed by atoms with Gasteiger partial charge in [0.1, 0.15) is 5.78 Å². The monoisotopic (exact) mass is 315 g/mol. The topological polar surface area (TPSA) is 69.4 Å². The lowest BCUT2D eigenvalue weighted by molar-refractivity contribution is -0.386. The highest BCUT2D eigenvalue weighted by Crippen LogP contribution is 2.34. The summed E-state index contributed by atoms with van der Waals surface area (Å²) in [5.74, 6) is 0.354. The molecule has 0 unspecified atom stereocenters. The van der Waals surface area contributed by atoms with Crippen molar-refractivity contribution in [2.45, 2.75) is 26.7 Å². The summed E-state index contributed by atoms with van der Waals surface area (Å²) in [6.45, 7) is 3.55. The van der Waals surface area contributed by atoms with Crippen LogP contribution in [0, 0.1) is 17.0 Å². The number of benzene rings is 1. The number of nitrogens with zero attached hydrogens (tertiary/aromatic N) is 1. The Labute approximate surface area is 113 Å². The van der Waals surface area contributed by atoms with Gasteiger partial charge < -0.3 is 9.53 Å². The average molecular weight is 316 g/mol. The van der Waals surface area contributed by atoms with Gasteiger partial charge in [0.15, 0.2) is 5.75 Å². The van der Waals surface area contributed by atoms with Crippen LogP contribution in [-0.4, -0.2) is 17.3 Å². The summed E-state index contributed by atoms with van der Waals surface area (Å²) in [4.78, 5) is 21.2. The van der Waals surface area contributed by atoms with Crippen LogP contribution in [-0.2, 0) is 4.79 Å². The zero-order valence-electron chi connectivity index (χ0n) is 10.2. The summed E-state index contributed by atoms with van der Waals surface area (Å²) >= 11 is 3.21. The zero-order chi connectivity index (χ0) is 13.7. The Balaban J connectivity index is 2.80. The molecule has 0 aliphatic heterocycles. The molecule has 18 heavy (non-hydrogen) atoms. The van der Waals surface area contributed by atoms with E-state index in [0.29, 0.717) is 29.5 Å². The van der Waals surface area contributed by atoms with Crippen LogP contribution in [0.25, 0.3) is 0 Å². The zero-order valence-corrected chi connectivity index (χ0v) is 11.8.